The molecule has 0 radical (unpaired) electrons. The van der Waals surface area contributed by atoms with Crippen molar-refractivity contribution < 1.29 is 4.74 Å². The maximum absolute atomic E-state index is 5.48. The highest BCUT2D eigenvalue weighted by Crippen LogP contribution is 2.42. The number of rotatable bonds is 8. The lowest BCUT2D eigenvalue weighted by molar-refractivity contribution is 0.151. The number of ether oxygens (including phenoxy) is 1. The second-order valence-corrected chi connectivity index (χ2v) is 9.54. The van der Waals surface area contributed by atoms with E-state index in [-0.39, 0.29) is 0 Å². The van der Waals surface area contributed by atoms with Gasteiger partial charge < -0.3 is 4.74 Å². The van der Waals surface area contributed by atoms with E-state index in [1.165, 1.54) is 77.0 Å². The quantitative estimate of drug-likeness (QED) is 0.312. The molecule has 1 aromatic carbocycles. The molecule has 0 unspecified atom stereocenters. The largest absolute Gasteiger partial charge is 0.494 e. The summed E-state index contributed by atoms with van der Waals surface area (Å²) in [5.41, 5.74) is 1.05. The lowest BCUT2D eigenvalue weighted by Gasteiger charge is -2.37. The first-order valence-corrected chi connectivity index (χ1v) is 12.7. The molecule has 1 heteroatoms. The molecule has 0 amide bonds. The third-order valence-corrected chi connectivity index (χ3v) is 7.42. The zero-order valence-electron chi connectivity index (χ0n) is 19.4. The predicted octanol–water partition coefficient (Wildman–Crippen LogP) is 8.19. The third kappa shape index (κ3) is 7.54. The molecule has 2 aliphatic rings. The Bertz CT molecular complexity index is 673. The van der Waals surface area contributed by atoms with Gasteiger partial charge >= 0.3 is 0 Å². The summed E-state index contributed by atoms with van der Waals surface area (Å²) in [6.07, 6.45) is 21.8. The summed E-state index contributed by atoms with van der Waals surface area (Å²) in [6.45, 7) is 5.03. The minimum Gasteiger partial charge on any atom is -0.494 e. The van der Waals surface area contributed by atoms with Gasteiger partial charge in [-0.2, -0.15) is 0 Å². The van der Waals surface area contributed by atoms with Crippen molar-refractivity contribution in [2.75, 3.05) is 6.61 Å². The van der Waals surface area contributed by atoms with Crippen molar-refractivity contribution in [3.63, 3.8) is 0 Å². The van der Waals surface area contributed by atoms with E-state index in [0.717, 1.165) is 35.0 Å². The van der Waals surface area contributed by atoms with Gasteiger partial charge in [-0.15, -0.1) is 0 Å². The van der Waals surface area contributed by atoms with Gasteiger partial charge in [-0.3, -0.25) is 0 Å². The minimum absolute atomic E-state index is 0.705. The van der Waals surface area contributed by atoms with Crippen molar-refractivity contribution in [3.05, 3.63) is 42.0 Å². The maximum Gasteiger partial charge on any atom is 0.119 e. The molecule has 3 rings (SSSR count). The Hall–Kier alpha value is -1.68. The van der Waals surface area contributed by atoms with Crippen LogP contribution in [0.3, 0.4) is 0 Å². The molecule has 0 spiro atoms. The number of hydrogen-bond donors (Lipinski definition) is 0. The van der Waals surface area contributed by atoms with Crippen molar-refractivity contribution in [2.24, 2.45) is 23.7 Å². The molecule has 0 N–H and O–H groups in total. The summed E-state index contributed by atoms with van der Waals surface area (Å²) >= 11 is 0. The van der Waals surface area contributed by atoms with Gasteiger partial charge in [0.25, 0.3) is 0 Å². The Morgan fingerprint density at radius 2 is 1.53 bits per heavy atom. The standard InChI is InChI=1S/C29H42O/c1-3-5-6-9-24-12-18-27(19-13-24)28-20-14-25(15-21-28)10-7-8-11-26-16-22-29(23-17-26)30-4-2/h7,10,16-17,22-25,27-28H,3-6,9,12-15,18-21H2,1-2H3. The Kier molecular flexibility index (Phi) is 9.88. The Morgan fingerprint density at radius 3 is 2.17 bits per heavy atom. The van der Waals surface area contributed by atoms with Crippen molar-refractivity contribution in [1.82, 2.24) is 0 Å². The van der Waals surface area contributed by atoms with Crippen LogP contribution >= 0.6 is 0 Å². The summed E-state index contributed by atoms with van der Waals surface area (Å²) < 4.78 is 5.48. The first kappa shape index (κ1) is 23.0. The van der Waals surface area contributed by atoms with Crippen LogP contribution in [0.1, 0.15) is 96.5 Å². The third-order valence-electron chi connectivity index (χ3n) is 7.42. The monoisotopic (exact) mass is 406 g/mol. The van der Waals surface area contributed by atoms with Gasteiger partial charge in [0, 0.05) is 5.56 Å². The van der Waals surface area contributed by atoms with Crippen LogP contribution in [0.5, 0.6) is 5.75 Å². The molecule has 0 aromatic heterocycles. The summed E-state index contributed by atoms with van der Waals surface area (Å²) in [7, 11) is 0. The van der Waals surface area contributed by atoms with Crippen LogP contribution in [0, 0.1) is 35.5 Å². The number of unbranched alkanes of at least 4 members (excludes halogenated alkanes) is 2. The zero-order chi connectivity index (χ0) is 21.0. The molecule has 0 heterocycles. The van der Waals surface area contributed by atoms with Gasteiger partial charge in [0.1, 0.15) is 5.75 Å². The number of benzene rings is 1. The lowest BCUT2D eigenvalue weighted by atomic mass is 9.68. The molecule has 2 aliphatic carbocycles. The molecule has 0 aliphatic heterocycles. The normalized spacial score (nSPS) is 26.9. The van der Waals surface area contributed by atoms with Crippen LogP contribution in [0.2, 0.25) is 0 Å². The van der Waals surface area contributed by atoms with E-state index in [4.69, 9.17) is 4.74 Å². The topological polar surface area (TPSA) is 9.23 Å². The van der Waals surface area contributed by atoms with E-state index in [2.05, 4.69) is 30.9 Å². The molecule has 0 atom stereocenters. The molecule has 2 saturated carbocycles. The van der Waals surface area contributed by atoms with Gasteiger partial charge in [0.15, 0.2) is 0 Å². The molecule has 1 aromatic rings. The van der Waals surface area contributed by atoms with E-state index in [9.17, 15) is 0 Å². The molecule has 164 valence electrons. The predicted molar refractivity (Wildman–Crippen MR) is 129 cm³/mol. The van der Waals surface area contributed by atoms with Gasteiger partial charge in [-0.25, -0.2) is 0 Å². The van der Waals surface area contributed by atoms with E-state index >= 15 is 0 Å². The average molecular weight is 407 g/mol. The molecule has 2 fully saturated rings. The molecule has 30 heavy (non-hydrogen) atoms. The molecule has 0 saturated heterocycles. The van der Waals surface area contributed by atoms with Crippen LogP contribution in [0.15, 0.2) is 36.4 Å². The van der Waals surface area contributed by atoms with Crippen LogP contribution in [0.4, 0.5) is 0 Å². The summed E-state index contributed by atoms with van der Waals surface area (Å²) in [5, 5.41) is 0. The van der Waals surface area contributed by atoms with Crippen LogP contribution < -0.4 is 4.74 Å². The molecular formula is C29H42O. The SMILES string of the molecule is CCCCCC1CCC(C2CCC(C=CC#Cc3ccc(OCC)cc3)CC2)CC1. The highest BCUT2D eigenvalue weighted by Gasteiger charge is 2.30. The fourth-order valence-electron chi connectivity index (χ4n) is 5.55. The second-order valence-electron chi connectivity index (χ2n) is 9.54. The van der Waals surface area contributed by atoms with Crippen molar-refractivity contribution in [1.29, 1.82) is 0 Å². The van der Waals surface area contributed by atoms with Gasteiger partial charge in [-0.1, -0.05) is 63.4 Å². The average Bonchev–Trinajstić information content (AvgIpc) is 2.79. The minimum atomic E-state index is 0.705. The number of allylic oxidation sites excluding steroid dienone is 2. The first-order chi connectivity index (χ1) is 14.8. The maximum atomic E-state index is 5.48. The van der Waals surface area contributed by atoms with Crippen LogP contribution in [0.25, 0.3) is 0 Å². The van der Waals surface area contributed by atoms with Crippen LogP contribution in [-0.2, 0) is 0 Å². The molecule has 1 nitrogen and oxygen atoms in total. The Labute approximate surface area is 185 Å². The smallest absolute Gasteiger partial charge is 0.119 e. The summed E-state index contributed by atoms with van der Waals surface area (Å²) in [5.74, 6) is 11.2. The van der Waals surface area contributed by atoms with Crippen molar-refractivity contribution in [3.8, 4) is 17.6 Å². The highest BCUT2D eigenvalue weighted by atomic mass is 16.5. The van der Waals surface area contributed by atoms with E-state index in [0.29, 0.717) is 6.61 Å². The van der Waals surface area contributed by atoms with Gasteiger partial charge in [0.2, 0.25) is 0 Å². The molecule has 0 bridgehead atoms. The fraction of sp³-hybridized carbons (Fsp3) is 0.655. The van der Waals surface area contributed by atoms with Crippen molar-refractivity contribution >= 4 is 0 Å². The van der Waals surface area contributed by atoms with Gasteiger partial charge in [-0.05, 0) is 99.5 Å². The lowest BCUT2D eigenvalue weighted by Crippen LogP contribution is -2.25. The fourth-order valence-corrected chi connectivity index (χ4v) is 5.55. The molecular weight excluding hydrogens is 364 g/mol. The van der Waals surface area contributed by atoms with Crippen molar-refractivity contribution in [2.45, 2.75) is 90.9 Å². The summed E-state index contributed by atoms with van der Waals surface area (Å²) in [6, 6.07) is 8.07. The Morgan fingerprint density at radius 1 is 0.867 bits per heavy atom. The second kappa shape index (κ2) is 12.9. The highest BCUT2D eigenvalue weighted by molar-refractivity contribution is 5.40. The van der Waals surface area contributed by atoms with Gasteiger partial charge in [0.05, 0.1) is 6.61 Å². The zero-order valence-corrected chi connectivity index (χ0v) is 19.4. The van der Waals surface area contributed by atoms with E-state index in [1.807, 2.05) is 31.2 Å². The summed E-state index contributed by atoms with van der Waals surface area (Å²) in [4.78, 5) is 0. The van der Waals surface area contributed by atoms with E-state index < -0.39 is 0 Å². The van der Waals surface area contributed by atoms with Crippen LogP contribution in [-0.4, -0.2) is 6.61 Å². The van der Waals surface area contributed by atoms with E-state index in [1.54, 1.807) is 0 Å². The Balaban J connectivity index is 1.35. The first-order valence-electron chi connectivity index (χ1n) is 12.7. The number of hydrogen-bond acceptors (Lipinski definition) is 1.